The van der Waals surface area contributed by atoms with Gasteiger partial charge >= 0.3 is 0 Å². The Morgan fingerprint density at radius 1 is 1.08 bits per heavy atom. The van der Waals surface area contributed by atoms with E-state index in [-0.39, 0.29) is 22.5 Å². The van der Waals surface area contributed by atoms with Gasteiger partial charge in [0.1, 0.15) is 12.1 Å². The standard InChI is InChI=1S/C27H28ClN5O3S/c1-19-17-25(30-18-29-19)31-37(35,36)23-7-5-20(6-8-23)21-9-13-32(14-10-21)26(34)12-16-33-15-11-22-3-2-4-24(28)27(22)33/h2-8,11,15,17-18,21H,9-10,12-14,16H2,1H3,(H,29,30,31). The Bertz CT molecular complexity index is 1530. The average molecular weight is 538 g/mol. The van der Waals surface area contributed by atoms with Crippen LogP contribution in [0.15, 0.2) is 72.0 Å². The van der Waals surface area contributed by atoms with E-state index < -0.39 is 10.0 Å². The second-order valence-electron chi connectivity index (χ2n) is 9.31. The van der Waals surface area contributed by atoms with Crippen LogP contribution >= 0.6 is 11.6 Å². The molecule has 37 heavy (non-hydrogen) atoms. The summed E-state index contributed by atoms with van der Waals surface area (Å²) in [6.07, 6.45) is 5.41. The molecule has 0 atom stereocenters. The fraction of sp³-hybridized carbons (Fsp3) is 0.296. The highest BCUT2D eigenvalue weighted by atomic mass is 35.5. The lowest BCUT2D eigenvalue weighted by Gasteiger charge is -2.32. The van der Waals surface area contributed by atoms with Gasteiger partial charge in [-0.05, 0) is 55.5 Å². The number of aromatic nitrogens is 3. The van der Waals surface area contributed by atoms with Gasteiger partial charge in [-0.15, -0.1) is 0 Å². The quantitative estimate of drug-likeness (QED) is 0.358. The first-order valence-electron chi connectivity index (χ1n) is 12.2. The highest BCUT2D eigenvalue weighted by molar-refractivity contribution is 7.92. The molecule has 1 aliphatic rings. The first-order chi connectivity index (χ1) is 17.8. The first-order valence-corrected chi connectivity index (χ1v) is 14.1. The van der Waals surface area contributed by atoms with Gasteiger partial charge in [0, 0.05) is 49.4 Å². The number of benzene rings is 2. The zero-order valence-corrected chi connectivity index (χ0v) is 22.0. The number of amides is 1. The number of fused-ring (bicyclic) bond motifs is 1. The van der Waals surface area contributed by atoms with Crippen molar-refractivity contribution in [2.75, 3.05) is 17.8 Å². The van der Waals surface area contributed by atoms with E-state index in [1.165, 1.54) is 6.33 Å². The number of aryl methyl sites for hydroxylation is 2. The average Bonchev–Trinajstić information content (AvgIpc) is 3.32. The maximum absolute atomic E-state index is 12.9. The summed E-state index contributed by atoms with van der Waals surface area (Å²) in [6.45, 7) is 3.73. The van der Waals surface area contributed by atoms with Gasteiger partial charge in [0.05, 0.1) is 15.4 Å². The van der Waals surface area contributed by atoms with Crippen LogP contribution in [0.1, 0.15) is 36.4 Å². The summed E-state index contributed by atoms with van der Waals surface area (Å²) in [5.74, 6) is 0.659. The number of likely N-dealkylation sites (tertiary alicyclic amines) is 1. The van der Waals surface area contributed by atoms with E-state index in [4.69, 9.17) is 11.6 Å². The van der Waals surface area contributed by atoms with E-state index in [0.29, 0.717) is 36.8 Å². The topological polar surface area (TPSA) is 97.2 Å². The van der Waals surface area contributed by atoms with E-state index in [0.717, 1.165) is 29.3 Å². The molecule has 1 fully saturated rings. The molecule has 8 nitrogen and oxygen atoms in total. The second kappa shape index (κ2) is 10.5. The maximum atomic E-state index is 12.9. The number of piperidine rings is 1. The Kier molecular flexibility index (Phi) is 7.17. The van der Waals surface area contributed by atoms with Gasteiger partial charge in [-0.1, -0.05) is 35.9 Å². The number of carbonyl (C=O) groups excluding carboxylic acids is 1. The minimum atomic E-state index is -3.74. The summed E-state index contributed by atoms with van der Waals surface area (Å²) in [4.78, 5) is 22.9. The molecule has 192 valence electrons. The highest BCUT2D eigenvalue weighted by Gasteiger charge is 2.24. The summed E-state index contributed by atoms with van der Waals surface area (Å²) in [5.41, 5.74) is 2.72. The number of carbonyl (C=O) groups is 1. The molecular formula is C27H28ClN5O3S. The van der Waals surface area contributed by atoms with E-state index in [9.17, 15) is 13.2 Å². The van der Waals surface area contributed by atoms with Crippen LogP contribution in [-0.2, 0) is 21.4 Å². The van der Waals surface area contributed by atoms with Crippen LogP contribution in [0.3, 0.4) is 0 Å². The molecule has 5 rings (SSSR count). The number of sulfonamides is 1. The molecule has 2 aromatic carbocycles. The van der Waals surface area contributed by atoms with Gasteiger partial charge in [0.25, 0.3) is 10.0 Å². The van der Waals surface area contributed by atoms with Gasteiger partial charge in [-0.2, -0.15) is 0 Å². The molecule has 0 bridgehead atoms. The number of nitrogens with zero attached hydrogens (tertiary/aromatic N) is 4. The van der Waals surface area contributed by atoms with Gasteiger partial charge in [0.15, 0.2) is 0 Å². The van der Waals surface area contributed by atoms with E-state index >= 15 is 0 Å². The normalized spacial score (nSPS) is 14.7. The number of rotatable bonds is 7. The van der Waals surface area contributed by atoms with Gasteiger partial charge < -0.3 is 9.47 Å². The molecule has 0 aliphatic carbocycles. The van der Waals surface area contributed by atoms with Crippen molar-refractivity contribution >= 4 is 44.3 Å². The third-order valence-corrected chi connectivity index (χ3v) is 8.53. The van der Waals surface area contributed by atoms with Gasteiger partial charge in [0.2, 0.25) is 5.91 Å². The van der Waals surface area contributed by atoms with Crippen molar-refractivity contribution in [1.29, 1.82) is 0 Å². The predicted molar refractivity (Wildman–Crippen MR) is 144 cm³/mol. The summed E-state index contributed by atoms with van der Waals surface area (Å²) in [7, 11) is -3.74. The zero-order valence-electron chi connectivity index (χ0n) is 20.5. The Hall–Kier alpha value is -3.43. The fourth-order valence-corrected chi connectivity index (χ4v) is 6.15. The SMILES string of the molecule is Cc1cc(NS(=O)(=O)c2ccc(C3CCN(C(=O)CCn4ccc5cccc(Cl)c54)CC3)cc2)ncn1. The molecule has 1 aliphatic heterocycles. The lowest BCUT2D eigenvalue weighted by Crippen LogP contribution is -2.38. The van der Waals surface area contributed by atoms with Crippen LogP contribution in [0.4, 0.5) is 5.82 Å². The molecule has 0 unspecified atom stereocenters. The molecule has 1 saturated heterocycles. The number of hydrogen-bond donors (Lipinski definition) is 1. The highest BCUT2D eigenvalue weighted by Crippen LogP contribution is 2.30. The van der Waals surface area contributed by atoms with Crippen molar-refractivity contribution in [1.82, 2.24) is 19.4 Å². The third kappa shape index (κ3) is 5.62. The lowest BCUT2D eigenvalue weighted by molar-refractivity contribution is -0.132. The van der Waals surface area contributed by atoms with Crippen LogP contribution in [0, 0.1) is 6.92 Å². The molecule has 1 amide bonds. The number of para-hydroxylation sites is 1. The molecule has 1 N–H and O–H groups in total. The van der Waals surface area contributed by atoms with Crippen molar-refractivity contribution in [2.24, 2.45) is 0 Å². The Labute approximate surface area is 221 Å². The summed E-state index contributed by atoms with van der Waals surface area (Å²) >= 11 is 6.36. The Balaban J connectivity index is 1.15. The molecule has 3 heterocycles. The molecule has 0 radical (unpaired) electrons. The van der Waals surface area contributed by atoms with Crippen LogP contribution in [0.2, 0.25) is 5.02 Å². The number of nitrogens with one attached hydrogen (secondary N) is 1. The first kappa shape index (κ1) is 25.2. The van der Waals surface area contributed by atoms with Gasteiger partial charge in [-0.3, -0.25) is 9.52 Å². The van der Waals surface area contributed by atoms with Crippen molar-refractivity contribution in [3.05, 3.63) is 83.4 Å². The summed E-state index contributed by atoms with van der Waals surface area (Å²) in [6, 6.07) is 16.4. The van der Waals surface area contributed by atoms with E-state index in [1.54, 1.807) is 25.1 Å². The molecule has 0 saturated carbocycles. The monoisotopic (exact) mass is 537 g/mol. The van der Waals surface area contributed by atoms with Crippen molar-refractivity contribution in [2.45, 2.75) is 43.5 Å². The minimum Gasteiger partial charge on any atom is -0.346 e. The number of anilines is 1. The van der Waals surface area contributed by atoms with E-state index in [2.05, 4.69) is 14.7 Å². The van der Waals surface area contributed by atoms with Crippen molar-refractivity contribution in [3.63, 3.8) is 0 Å². The molecular weight excluding hydrogens is 510 g/mol. The predicted octanol–water partition coefficient (Wildman–Crippen LogP) is 4.99. The lowest BCUT2D eigenvalue weighted by atomic mass is 9.89. The maximum Gasteiger partial charge on any atom is 0.263 e. The van der Waals surface area contributed by atoms with Gasteiger partial charge in [-0.25, -0.2) is 18.4 Å². The Morgan fingerprint density at radius 3 is 2.57 bits per heavy atom. The van der Waals surface area contributed by atoms with Crippen LogP contribution in [0.5, 0.6) is 0 Å². The van der Waals surface area contributed by atoms with Crippen molar-refractivity contribution < 1.29 is 13.2 Å². The number of halogens is 1. The zero-order chi connectivity index (χ0) is 26.0. The molecule has 0 spiro atoms. The molecule has 2 aromatic heterocycles. The molecule has 4 aromatic rings. The van der Waals surface area contributed by atoms with Crippen LogP contribution in [-0.4, -0.2) is 46.8 Å². The largest absolute Gasteiger partial charge is 0.346 e. The van der Waals surface area contributed by atoms with Crippen LogP contribution < -0.4 is 4.72 Å². The number of hydrogen-bond acceptors (Lipinski definition) is 5. The minimum absolute atomic E-state index is 0.139. The van der Waals surface area contributed by atoms with Crippen molar-refractivity contribution in [3.8, 4) is 0 Å². The summed E-state index contributed by atoms with van der Waals surface area (Å²) in [5, 5.41) is 1.76. The molecule has 10 heteroatoms. The summed E-state index contributed by atoms with van der Waals surface area (Å²) < 4.78 is 30.0. The second-order valence-corrected chi connectivity index (χ2v) is 11.4. The fourth-order valence-electron chi connectivity index (χ4n) is 4.86. The van der Waals surface area contributed by atoms with Crippen LogP contribution in [0.25, 0.3) is 10.9 Å². The third-order valence-electron chi connectivity index (χ3n) is 6.86. The smallest absolute Gasteiger partial charge is 0.263 e. The van der Waals surface area contributed by atoms with E-state index in [1.807, 2.05) is 52.1 Å². The Morgan fingerprint density at radius 2 is 1.84 bits per heavy atom.